The Balaban J connectivity index is 1.65. The van der Waals surface area contributed by atoms with Crippen LogP contribution in [0.1, 0.15) is 24.5 Å². The van der Waals surface area contributed by atoms with Gasteiger partial charge in [0.25, 0.3) is 0 Å². The zero-order chi connectivity index (χ0) is 16.4. The van der Waals surface area contributed by atoms with Crippen molar-refractivity contribution in [2.75, 3.05) is 33.3 Å². The number of ether oxygens (including phenoxy) is 1. The van der Waals surface area contributed by atoms with Crippen LogP contribution in [0.3, 0.4) is 0 Å². The molecule has 2 atom stereocenters. The third-order valence-corrected chi connectivity index (χ3v) is 4.63. The average Bonchev–Trinajstić information content (AvgIpc) is 2.57. The van der Waals surface area contributed by atoms with E-state index in [0.717, 1.165) is 5.56 Å². The number of benzene rings is 1. The minimum atomic E-state index is -0.290. The first-order chi connectivity index (χ1) is 11.0. The number of rotatable bonds is 2. The summed E-state index contributed by atoms with van der Waals surface area (Å²) >= 11 is 0. The quantitative estimate of drug-likeness (QED) is 0.831. The number of piperidine rings is 1. The summed E-state index contributed by atoms with van der Waals surface area (Å²) < 4.78 is 18.7. The number of morpholine rings is 1. The summed E-state index contributed by atoms with van der Waals surface area (Å²) in [6.45, 7) is 2.07. The fraction of sp³-hybridized carbons (Fsp3) is 0.529. The fourth-order valence-corrected chi connectivity index (χ4v) is 3.14. The minimum absolute atomic E-state index is 0.0259. The second kappa shape index (κ2) is 6.66. The zero-order valence-corrected chi connectivity index (χ0v) is 13.2. The lowest BCUT2D eigenvalue weighted by Crippen LogP contribution is -2.48. The maximum Gasteiger partial charge on any atom is 0.226 e. The Morgan fingerprint density at radius 1 is 1.26 bits per heavy atom. The predicted octanol–water partition coefficient (Wildman–Crippen LogP) is 1.59. The van der Waals surface area contributed by atoms with Crippen molar-refractivity contribution in [2.24, 2.45) is 5.92 Å². The van der Waals surface area contributed by atoms with Gasteiger partial charge in [-0.3, -0.25) is 9.59 Å². The van der Waals surface area contributed by atoms with Crippen molar-refractivity contribution in [2.45, 2.75) is 18.9 Å². The number of nitrogens with zero attached hydrogens (tertiary/aromatic N) is 2. The molecule has 0 saturated carbocycles. The van der Waals surface area contributed by atoms with Gasteiger partial charge in [0.2, 0.25) is 11.8 Å². The fourth-order valence-electron chi connectivity index (χ4n) is 3.14. The number of likely N-dealkylation sites (tertiary alicyclic amines) is 1. The summed E-state index contributed by atoms with van der Waals surface area (Å²) in [5, 5.41) is 0. The van der Waals surface area contributed by atoms with Crippen molar-refractivity contribution in [3.63, 3.8) is 0 Å². The molecule has 0 aliphatic carbocycles. The van der Waals surface area contributed by atoms with Gasteiger partial charge in [-0.2, -0.15) is 0 Å². The number of carbonyl (C=O) groups is 2. The van der Waals surface area contributed by atoms with Gasteiger partial charge < -0.3 is 14.5 Å². The van der Waals surface area contributed by atoms with Gasteiger partial charge in [0.1, 0.15) is 11.9 Å². The molecule has 2 aliphatic heterocycles. The average molecular weight is 320 g/mol. The van der Waals surface area contributed by atoms with Gasteiger partial charge in [-0.25, -0.2) is 4.39 Å². The van der Waals surface area contributed by atoms with E-state index in [2.05, 4.69) is 0 Å². The van der Waals surface area contributed by atoms with Gasteiger partial charge >= 0.3 is 0 Å². The molecule has 23 heavy (non-hydrogen) atoms. The van der Waals surface area contributed by atoms with Crippen molar-refractivity contribution in [1.29, 1.82) is 0 Å². The Kier molecular flexibility index (Phi) is 4.61. The summed E-state index contributed by atoms with van der Waals surface area (Å²) in [5.74, 6) is -0.465. The van der Waals surface area contributed by atoms with Crippen LogP contribution in [0.5, 0.6) is 0 Å². The van der Waals surface area contributed by atoms with Gasteiger partial charge in [-0.1, -0.05) is 12.1 Å². The summed E-state index contributed by atoms with van der Waals surface area (Å²) in [5.41, 5.74) is 0.864. The molecule has 2 fully saturated rings. The highest BCUT2D eigenvalue weighted by molar-refractivity contribution is 5.87. The van der Waals surface area contributed by atoms with E-state index < -0.39 is 0 Å². The molecule has 124 valence electrons. The largest absolute Gasteiger partial charge is 0.370 e. The van der Waals surface area contributed by atoms with Crippen LogP contribution < -0.4 is 0 Å². The van der Waals surface area contributed by atoms with Crippen LogP contribution in [-0.2, 0) is 14.3 Å². The smallest absolute Gasteiger partial charge is 0.226 e. The minimum Gasteiger partial charge on any atom is -0.370 e. The maximum absolute atomic E-state index is 13.0. The second-order valence-corrected chi connectivity index (χ2v) is 6.20. The molecule has 0 aromatic heterocycles. The molecule has 3 rings (SSSR count). The summed E-state index contributed by atoms with van der Waals surface area (Å²) in [4.78, 5) is 27.9. The predicted molar refractivity (Wildman–Crippen MR) is 82.0 cm³/mol. The second-order valence-electron chi connectivity index (χ2n) is 6.20. The molecule has 0 spiro atoms. The number of amides is 2. The molecule has 1 aromatic rings. The summed E-state index contributed by atoms with van der Waals surface area (Å²) in [7, 11) is 1.77. The summed E-state index contributed by atoms with van der Waals surface area (Å²) in [6, 6.07) is 6.17. The molecule has 5 nitrogen and oxygen atoms in total. The van der Waals surface area contributed by atoms with Crippen LogP contribution in [0.25, 0.3) is 0 Å². The van der Waals surface area contributed by atoms with E-state index in [9.17, 15) is 14.0 Å². The van der Waals surface area contributed by atoms with Gasteiger partial charge in [0.05, 0.1) is 13.2 Å². The SMILES string of the molecule is CN1CC[C@H](C(=O)N2CCO[C@H](c3ccc(F)cc3)C2)CC1=O. The van der Waals surface area contributed by atoms with Crippen molar-refractivity contribution in [3.8, 4) is 0 Å². The van der Waals surface area contributed by atoms with Crippen LogP contribution in [0.4, 0.5) is 4.39 Å². The van der Waals surface area contributed by atoms with Gasteiger partial charge in [-0.15, -0.1) is 0 Å². The molecule has 2 saturated heterocycles. The molecule has 0 N–H and O–H groups in total. The number of carbonyl (C=O) groups excluding carboxylic acids is 2. The molecule has 2 amide bonds. The maximum atomic E-state index is 13.0. The molecular weight excluding hydrogens is 299 g/mol. The van der Waals surface area contributed by atoms with Gasteiger partial charge in [-0.05, 0) is 24.1 Å². The molecule has 6 heteroatoms. The number of hydrogen-bond acceptors (Lipinski definition) is 3. The topological polar surface area (TPSA) is 49.9 Å². The van der Waals surface area contributed by atoms with E-state index in [1.165, 1.54) is 12.1 Å². The number of halogens is 1. The Morgan fingerprint density at radius 3 is 2.70 bits per heavy atom. The van der Waals surface area contributed by atoms with Crippen molar-refractivity contribution >= 4 is 11.8 Å². The Hall–Kier alpha value is -1.95. The standard InChI is InChI=1S/C17H21FN2O3/c1-19-7-6-13(10-16(19)21)17(22)20-8-9-23-15(11-20)12-2-4-14(18)5-3-12/h2-5,13,15H,6-11H2,1H3/t13-,15-/m0/s1. The third-order valence-electron chi connectivity index (χ3n) is 4.63. The molecular formula is C17H21FN2O3. The first kappa shape index (κ1) is 15.9. The van der Waals surface area contributed by atoms with Gasteiger partial charge in [0, 0.05) is 32.5 Å². The van der Waals surface area contributed by atoms with Crippen LogP contribution in [0.2, 0.25) is 0 Å². The molecule has 0 radical (unpaired) electrons. The summed E-state index contributed by atoms with van der Waals surface area (Å²) in [6.07, 6.45) is 0.753. The van der Waals surface area contributed by atoms with Gasteiger partial charge in [0.15, 0.2) is 0 Å². The van der Waals surface area contributed by atoms with Crippen molar-refractivity contribution in [3.05, 3.63) is 35.6 Å². The van der Waals surface area contributed by atoms with E-state index in [4.69, 9.17) is 4.74 Å². The zero-order valence-electron chi connectivity index (χ0n) is 13.2. The lowest BCUT2D eigenvalue weighted by Gasteiger charge is -2.37. The molecule has 0 unspecified atom stereocenters. The van der Waals surface area contributed by atoms with E-state index in [-0.39, 0.29) is 36.1 Å². The van der Waals surface area contributed by atoms with Crippen LogP contribution in [-0.4, -0.2) is 54.9 Å². The Bertz CT molecular complexity index is 590. The lowest BCUT2D eigenvalue weighted by molar-refractivity contribution is -0.149. The Morgan fingerprint density at radius 2 is 2.00 bits per heavy atom. The van der Waals surface area contributed by atoms with Crippen LogP contribution >= 0.6 is 0 Å². The normalized spacial score (nSPS) is 25.6. The Labute approximate surface area is 135 Å². The third kappa shape index (κ3) is 3.52. The van der Waals surface area contributed by atoms with Crippen LogP contribution in [0, 0.1) is 11.7 Å². The van der Waals surface area contributed by atoms with E-state index in [1.54, 1.807) is 29.0 Å². The molecule has 2 heterocycles. The van der Waals surface area contributed by atoms with E-state index in [0.29, 0.717) is 32.7 Å². The first-order valence-corrected chi connectivity index (χ1v) is 7.94. The van der Waals surface area contributed by atoms with E-state index in [1.807, 2.05) is 0 Å². The molecule has 1 aromatic carbocycles. The highest BCUT2D eigenvalue weighted by Crippen LogP contribution is 2.26. The number of hydrogen-bond donors (Lipinski definition) is 0. The first-order valence-electron chi connectivity index (χ1n) is 7.94. The van der Waals surface area contributed by atoms with Crippen molar-refractivity contribution < 1.29 is 18.7 Å². The van der Waals surface area contributed by atoms with Crippen molar-refractivity contribution in [1.82, 2.24) is 9.80 Å². The monoisotopic (exact) mass is 320 g/mol. The highest BCUT2D eigenvalue weighted by Gasteiger charge is 2.34. The molecule has 0 bridgehead atoms. The van der Waals surface area contributed by atoms with E-state index >= 15 is 0 Å². The highest BCUT2D eigenvalue weighted by atomic mass is 19.1. The molecule has 2 aliphatic rings. The van der Waals surface area contributed by atoms with Crippen LogP contribution in [0.15, 0.2) is 24.3 Å². The lowest BCUT2D eigenvalue weighted by atomic mass is 9.94.